The van der Waals surface area contributed by atoms with Gasteiger partial charge in [0.05, 0.1) is 6.10 Å². The summed E-state index contributed by atoms with van der Waals surface area (Å²) in [4.78, 5) is 0. The molecule has 0 aliphatic heterocycles. The molecule has 2 aliphatic rings. The van der Waals surface area contributed by atoms with Gasteiger partial charge in [0, 0.05) is 12.0 Å². The first-order valence-electron chi connectivity index (χ1n) is 5.09. The summed E-state index contributed by atoms with van der Waals surface area (Å²) in [7, 11) is 0. The minimum Gasteiger partial charge on any atom is -0.392 e. The van der Waals surface area contributed by atoms with Gasteiger partial charge in [0.1, 0.15) is 0 Å². The molecule has 70 valence electrons. The Balaban J connectivity index is 1.97. The number of aliphatic hydroxyl groups excluding tert-OH is 1. The van der Waals surface area contributed by atoms with Gasteiger partial charge in [0.15, 0.2) is 0 Å². The molecule has 3 N–H and O–H groups in total. The Morgan fingerprint density at radius 2 is 2.17 bits per heavy atom. The van der Waals surface area contributed by atoms with E-state index < -0.39 is 0 Å². The highest BCUT2D eigenvalue weighted by Crippen LogP contribution is 2.57. The SMILES string of the molecule is C[C@H]1C[C@]1(CN)[C@@H](O)C1CCC1. The minimum atomic E-state index is -0.105. The van der Waals surface area contributed by atoms with Crippen LogP contribution < -0.4 is 5.73 Å². The molecule has 2 fully saturated rings. The summed E-state index contributed by atoms with van der Waals surface area (Å²) in [6.07, 6.45) is 4.77. The van der Waals surface area contributed by atoms with Gasteiger partial charge in [-0.15, -0.1) is 0 Å². The Hall–Kier alpha value is -0.0800. The van der Waals surface area contributed by atoms with Crippen LogP contribution in [0.2, 0.25) is 0 Å². The van der Waals surface area contributed by atoms with Crippen molar-refractivity contribution in [3.8, 4) is 0 Å². The lowest BCUT2D eigenvalue weighted by atomic mass is 9.74. The molecule has 0 aromatic carbocycles. The molecule has 0 amide bonds. The van der Waals surface area contributed by atoms with Gasteiger partial charge in [-0.25, -0.2) is 0 Å². The highest BCUT2D eigenvalue weighted by molar-refractivity contribution is 5.07. The highest BCUT2D eigenvalue weighted by Gasteiger charge is 2.57. The summed E-state index contributed by atoms with van der Waals surface area (Å²) in [5.74, 6) is 1.22. The first-order valence-corrected chi connectivity index (χ1v) is 5.09. The Kier molecular flexibility index (Phi) is 1.92. The largest absolute Gasteiger partial charge is 0.392 e. The number of nitrogens with two attached hydrogens (primary N) is 1. The van der Waals surface area contributed by atoms with Crippen molar-refractivity contribution in [1.82, 2.24) is 0 Å². The van der Waals surface area contributed by atoms with E-state index in [1.807, 2.05) is 0 Å². The van der Waals surface area contributed by atoms with E-state index in [1.54, 1.807) is 0 Å². The third kappa shape index (κ3) is 1.01. The Labute approximate surface area is 74.1 Å². The van der Waals surface area contributed by atoms with Crippen LogP contribution in [0, 0.1) is 17.3 Å². The summed E-state index contributed by atoms with van der Waals surface area (Å²) in [6, 6.07) is 0. The molecule has 3 atom stereocenters. The van der Waals surface area contributed by atoms with Gasteiger partial charge >= 0.3 is 0 Å². The lowest BCUT2D eigenvalue weighted by Gasteiger charge is -2.35. The number of hydrogen-bond acceptors (Lipinski definition) is 2. The molecule has 0 aromatic heterocycles. The summed E-state index contributed by atoms with van der Waals surface area (Å²) >= 11 is 0. The van der Waals surface area contributed by atoms with E-state index in [1.165, 1.54) is 19.3 Å². The normalized spacial score (nSPS) is 43.8. The molecule has 2 saturated carbocycles. The third-order valence-corrected chi connectivity index (χ3v) is 4.07. The Morgan fingerprint density at radius 3 is 2.42 bits per heavy atom. The fourth-order valence-corrected chi connectivity index (χ4v) is 2.55. The van der Waals surface area contributed by atoms with Crippen molar-refractivity contribution < 1.29 is 5.11 Å². The molecule has 0 radical (unpaired) electrons. The molecular weight excluding hydrogens is 150 g/mol. The predicted octanol–water partition coefficient (Wildman–Crippen LogP) is 1.13. The third-order valence-electron chi connectivity index (χ3n) is 4.07. The fraction of sp³-hybridized carbons (Fsp3) is 1.00. The summed E-state index contributed by atoms with van der Waals surface area (Å²) in [5.41, 5.74) is 5.83. The monoisotopic (exact) mass is 169 g/mol. The van der Waals surface area contributed by atoms with Crippen molar-refractivity contribution in [2.75, 3.05) is 6.54 Å². The maximum absolute atomic E-state index is 10.0. The average molecular weight is 169 g/mol. The van der Waals surface area contributed by atoms with E-state index in [0.717, 1.165) is 6.42 Å². The van der Waals surface area contributed by atoms with Crippen LogP contribution in [0.15, 0.2) is 0 Å². The smallest absolute Gasteiger partial charge is 0.0639 e. The van der Waals surface area contributed by atoms with E-state index in [0.29, 0.717) is 18.4 Å². The van der Waals surface area contributed by atoms with Crippen molar-refractivity contribution in [3.63, 3.8) is 0 Å². The number of aliphatic hydroxyl groups is 1. The lowest BCUT2D eigenvalue weighted by molar-refractivity contribution is 0.000717. The summed E-state index contributed by atoms with van der Waals surface area (Å²) in [5, 5.41) is 10.0. The molecule has 12 heavy (non-hydrogen) atoms. The topological polar surface area (TPSA) is 46.2 Å². The van der Waals surface area contributed by atoms with Crippen molar-refractivity contribution >= 4 is 0 Å². The van der Waals surface area contributed by atoms with Crippen molar-refractivity contribution in [2.24, 2.45) is 23.0 Å². The summed E-state index contributed by atoms with van der Waals surface area (Å²) in [6.45, 7) is 2.88. The second-order valence-electron chi connectivity index (χ2n) is 4.68. The molecule has 0 heterocycles. The number of hydrogen-bond donors (Lipinski definition) is 2. The van der Waals surface area contributed by atoms with E-state index in [-0.39, 0.29) is 11.5 Å². The van der Waals surface area contributed by atoms with Crippen LogP contribution in [0.4, 0.5) is 0 Å². The maximum Gasteiger partial charge on any atom is 0.0639 e. The van der Waals surface area contributed by atoms with Crippen LogP contribution in [-0.2, 0) is 0 Å². The second-order valence-corrected chi connectivity index (χ2v) is 4.68. The van der Waals surface area contributed by atoms with Gasteiger partial charge in [-0.2, -0.15) is 0 Å². The highest BCUT2D eigenvalue weighted by atomic mass is 16.3. The standard InChI is InChI=1S/C10H19NO/c1-7-5-10(7,6-11)9(12)8-3-2-4-8/h7-9,12H,2-6,11H2,1H3/t7-,9-,10+/m0/s1. The second kappa shape index (κ2) is 2.71. The molecule has 0 bridgehead atoms. The minimum absolute atomic E-state index is 0.105. The quantitative estimate of drug-likeness (QED) is 0.665. The molecular formula is C10H19NO. The van der Waals surface area contributed by atoms with Crippen LogP contribution in [0.1, 0.15) is 32.6 Å². The molecule has 0 aromatic rings. The Morgan fingerprint density at radius 1 is 1.58 bits per heavy atom. The van der Waals surface area contributed by atoms with Gasteiger partial charge in [0.25, 0.3) is 0 Å². The average Bonchev–Trinajstić information content (AvgIpc) is 2.59. The number of rotatable bonds is 3. The van der Waals surface area contributed by atoms with E-state index in [9.17, 15) is 5.11 Å². The van der Waals surface area contributed by atoms with Gasteiger partial charge in [-0.1, -0.05) is 13.3 Å². The molecule has 0 spiro atoms. The molecule has 0 saturated heterocycles. The van der Waals surface area contributed by atoms with Crippen molar-refractivity contribution in [3.05, 3.63) is 0 Å². The van der Waals surface area contributed by atoms with Gasteiger partial charge in [-0.3, -0.25) is 0 Å². The first kappa shape index (κ1) is 8.52. The van der Waals surface area contributed by atoms with Gasteiger partial charge in [-0.05, 0) is 31.1 Å². The molecule has 2 nitrogen and oxygen atoms in total. The fourth-order valence-electron chi connectivity index (χ4n) is 2.55. The van der Waals surface area contributed by atoms with Crippen LogP contribution in [-0.4, -0.2) is 17.8 Å². The van der Waals surface area contributed by atoms with Crippen molar-refractivity contribution in [2.45, 2.75) is 38.7 Å². The predicted molar refractivity (Wildman–Crippen MR) is 48.6 cm³/mol. The molecule has 2 aliphatic carbocycles. The zero-order chi connectivity index (χ0) is 8.77. The zero-order valence-corrected chi connectivity index (χ0v) is 7.79. The van der Waals surface area contributed by atoms with Crippen LogP contribution in [0.5, 0.6) is 0 Å². The maximum atomic E-state index is 10.0. The van der Waals surface area contributed by atoms with Crippen LogP contribution in [0.25, 0.3) is 0 Å². The van der Waals surface area contributed by atoms with Crippen molar-refractivity contribution in [1.29, 1.82) is 0 Å². The van der Waals surface area contributed by atoms with E-state index in [2.05, 4.69) is 6.92 Å². The first-order chi connectivity index (χ1) is 5.70. The summed E-state index contributed by atoms with van der Waals surface area (Å²) < 4.78 is 0. The van der Waals surface area contributed by atoms with Gasteiger partial charge < -0.3 is 10.8 Å². The van der Waals surface area contributed by atoms with E-state index >= 15 is 0 Å². The van der Waals surface area contributed by atoms with Crippen LogP contribution in [0.3, 0.4) is 0 Å². The zero-order valence-electron chi connectivity index (χ0n) is 7.79. The Bertz CT molecular complexity index is 175. The molecule has 2 rings (SSSR count). The van der Waals surface area contributed by atoms with Gasteiger partial charge in [0.2, 0.25) is 0 Å². The van der Waals surface area contributed by atoms with E-state index in [4.69, 9.17) is 5.73 Å². The molecule has 2 heteroatoms. The lowest BCUT2D eigenvalue weighted by Crippen LogP contribution is -2.39. The van der Waals surface area contributed by atoms with Crippen LogP contribution >= 0.6 is 0 Å². The molecule has 0 unspecified atom stereocenters.